The maximum Gasteiger partial charge on any atom is 0.245 e. The Hall–Kier alpha value is -3.27. The van der Waals surface area contributed by atoms with Gasteiger partial charge in [-0.15, -0.1) is 0 Å². The largest absolute Gasteiger partial charge is 0.385 e. The Morgan fingerprint density at radius 2 is 1.67 bits per heavy atom. The van der Waals surface area contributed by atoms with Crippen LogP contribution >= 0.6 is 0 Å². The second-order valence-electron chi connectivity index (χ2n) is 8.93. The Morgan fingerprint density at radius 1 is 1.03 bits per heavy atom. The number of carbonyl (C=O) groups excluding carboxylic acids is 3. The summed E-state index contributed by atoms with van der Waals surface area (Å²) in [5, 5.41) is 6.20. The number of benzene rings is 2. The van der Waals surface area contributed by atoms with E-state index in [4.69, 9.17) is 4.74 Å². The number of hydrazine groups is 1. The van der Waals surface area contributed by atoms with Crippen LogP contribution in [-0.4, -0.2) is 97.7 Å². The molecule has 0 aliphatic carbocycles. The van der Waals surface area contributed by atoms with E-state index in [1.165, 1.54) is 10.6 Å². The first-order valence-electron chi connectivity index (χ1n) is 12.3. The zero-order valence-corrected chi connectivity index (χ0v) is 21.4. The molecule has 1 unspecified atom stereocenters. The number of hydrogen-bond donors (Lipinski definition) is 1. The molecule has 2 aliphatic rings. The van der Waals surface area contributed by atoms with Crippen molar-refractivity contribution in [1.29, 1.82) is 0 Å². The number of nitrogens with zero attached hydrogens (tertiary/aromatic N) is 4. The predicted molar refractivity (Wildman–Crippen MR) is 137 cm³/mol. The van der Waals surface area contributed by atoms with Gasteiger partial charge < -0.3 is 19.9 Å². The van der Waals surface area contributed by atoms with E-state index in [2.05, 4.69) is 17.4 Å². The molecule has 1 N–H and O–H groups in total. The minimum Gasteiger partial charge on any atom is -0.385 e. The fourth-order valence-electron chi connectivity index (χ4n) is 4.63. The van der Waals surface area contributed by atoms with Crippen LogP contribution in [0.25, 0.3) is 0 Å². The van der Waals surface area contributed by atoms with E-state index < -0.39 is 12.2 Å². The number of amides is 3. The molecule has 0 bridgehead atoms. The fraction of sp³-hybridized carbons (Fsp3) is 0.444. The minimum absolute atomic E-state index is 0.0741. The van der Waals surface area contributed by atoms with Crippen LogP contribution in [0.5, 0.6) is 0 Å². The normalized spacial score (nSPS) is 20.0. The van der Waals surface area contributed by atoms with E-state index in [9.17, 15) is 14.4 Å². The van der Waals surface area contributed by atoms with Crippen molar-refractivity contribution in [3.63, 3.8) is 0 Å². The summed E-state index contributed by atoms with van der Waals surface area (Å²) in [4.78, 5) is 40.9. The average molecular weight is 496 g/mol. The van der Waals surface area contributed by atoms with Gasteiger partial charge in [-0.05, 0) is 24.6 Å². The molecule has 2 aromatic rings. The summed E-state index contributed by atoms with van der Waals surface area (Å²) < 4.78 is 5.10. The molecule has 0 saturated carbocycles. The maximum atomic E-state index is 13.2. The molecular formula is C27H37N5O4. The van der Waals surface area contributed by atoms with Crippen molar-refractivity contribution >= 4 is 18.2 Å². The van der Waals surface area contributed by atoms with Crippen LogP contribution in [0, 0.1) is 0 Å². The van der Waals surface area contributed by atoms with Gasteiger partial charge in [-0.2, -0.15) is 0 Å². The van der Waals surface area contributed by atoms with Gasteiger partial charge in [-0.3, -0.25) is 19.4 Å². The number of nitrogens with one attached hydrogen (secondary N) is 1. The number of ether oxygens (including phenoxy) is 1. The minimum atomic E-state index is -0.614. The highest BCUT2D eigenvalue weighted by Gasteiger charge is 2.48. The van der Waals surface area contributed by atoms with Crippen molar-refractivity contribution in [3.8, 4) is 0 Å². The monoisotopic (exact) mass is 495 g/mol. The Kier molecular flexibility index (Phi) is 10.4. The Balaban J connectivity index is 0.000000338. The van der Waals surface area contributed by atoms with E-state index in [1.807, 2.05) is 55.6 Å². The Bertz CT molecular complexity index is 975. The molecule has 0 aromatic heterocycles. The van der Waals surface area contributed by atoms with Crippen molar-refractivity contribution in [2.75, 3.05) is 47.4 Å². The van der Waals surface area contributed by atoms with E-state index in [-0.39, 0.29) is 18.4 Å². The number of piperazine rings is 1. The molecule has 2 saturated heterocycles. The highest BCUT2D eigenvalue weighted by atomic mass is 16.5. The molecule has 0 spiro atoms. The lowest BCUT2D eigenvalue weighted by Gasteiger charge is -2.53. The highest BCUT2D eigenvalue weighted by molar-refractivity contribution is 5.91. The third-order valence-electron chi connectivity index (χ3n) is 6.37. The summed E-state index contributed by atoms with van der Waals surface area (Å²) in [6.45, 7) is 2.44. The average Bonchev–Trinajstić information content (AvgIpc) is 2.88. The molecule has 2 atom stereocenters. The zero-order chi connectivity index (χ0) is 25.9. The lowest BCUT2D eigenvalue weighted by molar-refractivity contribution is -0.196. The van der Waals surface area contributed by atoms with E-state index >= 15 is 0 Å². The summed E-state index contributed by atoms with van der Waals surface area (Å²) in [5.74, 6) is -0.207. The highest BCUT2D eigenvalue weighted by Crippen LogP contribution is 2.26. The summed E-state index contributed by atoms with van der Waals surface area (Å²) in [7, 11) is 5.29. The summed E-state index contributed by atoms with van der Waals surface area (Å²) >= 11 is 0. The lowest BCUT2D eigenvalue weighted by atomic mass is 9.99. The van der Waals surface area contributed by atoms with E-state index in [0.29, 0.717) is 32.5 Å². The number of likely N-dealkylation sites (N-methyl/N-ethyl adjacent to an activating group) is 1. The Labute approximate surface area is 213 Å². The molecule has 3 amide bonds. The Morgan fingerprint density at radius 3 is 2.25 bits per heavy atom. The van der Waals surface area contributed by atoms with Crippen LogP contribution in [0.1, 0.15) is 17.5 Å². The topological polar surface area (TPSA) is 85.4 Å². The molecule has 2 aliphatic heterocycles. The second kappa shape index (κ2) is 13.7. The molecule has 0 radical (unpaired) electrons. The summed E-state index contributed by atoms with van der Waals surface area (Å²) in [6.07, 6.45) is 1.38. The van der Waals surface area contributed by atoms with Gasteiger partial charge in [0.05, 0.1) is 13.1 Å². The standard InChI is InChI=1S/C19H26N4O4.C8H11N/c1-20-13-18(25)23-16(11-15-7-4-3-5-8-15)19(26)21(9-6-10-27-2)12-17(23)22(20)14-24;1-9-7-8-5-3-2-4-6-8/h3-5,7-8,14,16-17H,6,9-13H2,1-2H3;2-6,9H,7H2,1H3/t16-,17?;/m0./s1. The van der Waals surface area contributed by atoms with Gasteiger partial charge in [0.25, 0.3) is 0 Å². The molecule has 2 aromatic carbocycles. The number of rotatable bonds is 9. The molecule has 2 fully saturated rings. The molecule has 2 heterocycles. The second-order valence-corrected chi connectivity index (χ2v) is 8.93. The predicted octanol–water partition coefficient (Wildman–Crippen LogP) is 1.36. The van der Waals surface area contributed by atoms with Crippen molar-refractivity contribution in [1.82, 2.24) is 25.1 Å². The van der Waals surface area contributed by atoms with Gasteiger partial charge in [0.1, 0.15) is 12.2 Å². The van der Waals surface area contributed by atoms with Crippen LogP contribution in [0.2, 0.25) is 0 Å². The zero-order valence-electron chi connectivity index (χ0n) is 21.4. The number of hydrogen-bond acceptors (Lipinski definition) is 6. The molecule has 4 rings (SSSR count). The van der Waals surface area contributed by atoms with Crippen LogP contribution in [0.3, 0.4) is 0 Å². The molecular weight excluding hydrogens is 458 g/mol. The molecule has 36 heavy (non-hydrogen) atoms. The molecule has 9 heteroatoms. The summed E-state index contributed by atoms with van der Waals surface area (Å²) in [6, 6.07) is 19.4. The van der Waals surface area contributed by atoms with Crippen molar-refractivity contribution < 1.29 is 19.1 Å². The van der Waals surface area contributed by atoms with Gasteiger partial charge in [0.2, 0.25) is 18.2 Å². The maximum absolute atomic E-state index is 13.2. The van der Waals surface area contributed by atoms with Crippen LogP contribution in [0.4, 0.5) is 0 Å². The fourth-order valence-corrected chi connectivity index (χ4v) is 4.63. The van der Waals surface area contributed by atoms with E-state index in [1.54, 1.807) is 29.0 Å². The third kappa shape index (κ3) is 6.90. The van der Waals surface area contributed by atoms with Crippen LogP contribution in [0.15, 0.2) is 60.7 Å². The lowest BCUT2D eigenvalue weighted by Crippen LogP contribution is -2.74. The van der Waals surface area contributed by atoms with Gasteiger partial charge in [0, 0.05) is 40.3 Å². The molecule has 194 valence electrons. The first-order chi connectivity index (χ1) is 17.5. The first kappa shape index (κ1) is 27.3. The van der Waals surface area contributed by atoms with Crippen molar-refractivity contribution in [3.05, 3.63) is 71.8 Å². The van der Waals surface area contributed by atoms with Gasteiger partial charge in [0.15, 0.2) is 0 Å². The number of methoxy groups -OCH3 is 1. The van der Waals surface area contributed by atoms with E-state index in [0.717, 1.165) is 18.5 Å². The smallest absolute Gasteiger partial charge is 0.245 e. The summed E-state index contributed by atoms with van der Waals surface area (Å²) in [5.41, 5.74) is 2.32. The van der Waals surface area contributed by atoms with Gasteiger partial charge in [-0.25, -0.2) is 5.01 Å². The third-order valence-corrected chi connectivity index (χ3v) is 6.37. The molecule has 9 nitrogen and oxygen atoms in total. The van der Waals surface area contributed by atoms with Crippen LogP contribution < -0.4 is 5.32 Å². The van der Waals surface area contributed by atoms with Crippen LogP contribution in [-0.2, 0) is 32.1 Å². The van der Waals surface area contributed by atoms with Crippen molar-refractivity contribution in [2.45, 2.75) is 31.6 Å². The van der Waals surface area contributed by atoms with Gasteiger partial charge in [-0.1, -0.05) is 60.7 Å². The number of fused-ring (bicyclic) bond motifs is 1. The van der Waals surface area contributed by atoms with Gasteiger partial charge >= 0.3 is 0 Å². The first-order valence-corrected chi connectivity index (χ1v) is 12.3. The van der Waals surface area contributed by atoms with Crippen molar-refractivity contribution in [2.24, 2.45) is 0 Å². The SMILES string of the molecule is CNCc1ccccc1.COCCCN1CC2N(C(=O)CN(C)N2C=O)[C@@H](Cc2ccccc2)C1=O. The quantitative estimate of drug-likeness (QED) is 0.418. The number of carbonyl (C=O) groups is 3.